The molecule has 0 saturated carbocycles. The second-order valence-electron chi connectivity index (χ2n) is 4.21. The molecular weight excluding hydrogens is 263 g/mol. The van der Waals surface area contributed by atoms with E-state index in [1.54, 1.807) is 12.1 Å². The number of halogens is 2. The quantitative estimate of drug-likeness (QED) is 0.755. The van der Waals surface area contributed by atoms with E-state index in [0.717, 1.165) is 28.9 Å². The minimum atomic E-state index is -0.260. The molecule has 0 aromatic heterocycles. The lowest BCUT2D eigenvalue weighted by Gasteiger charge is -2.15. The van der Waals surface area contributed by atoms with Crippen molar-refractivity contribution < 1.29 is 9.13 Å². The standard InChI is InChI=1S/C16H16ClFO/c1-3-11-7-10-14(19-4-2)15(16(11)17)12-5-8-13(18)9-6-12/h5-10H,3-4H2,1-2H3. The van der Waals surface area contributed by atoms with Crippen molar-refractivity contribution in [3.63, 3.8) is 0 Å². The number of hydrogen-bond donors (Lipinski definition) is 0. The van der Waals surface area contributed by atoms with Crippen LogP contribution in [0.25, 0.3) is 11.1 Å². The summed E-state index contributed by atoms with van der Waals surface area (Å²) in [6, 6.07) is 10.2. The van der Waals surface area contributed by atoms with E-state index >= 15 is 0 Å². The summed E-state index contributed by atoms with van der Waals surface area (Å²) in [5.41, 5.74) is 2.76. The molecule has 0 spiro atoms. The first kappa shape index (κ1) is 13.9. The van der Waals surface area contributed by atoms with Gasteiger partial charge in [0, 0.05) is 5.56 Å². The Morgan fingerprint density at radius 2 is 1.74 bits per heavy atom. The highest BCUT2D eigenvalue weighted by Gasteiger charge is 2.14. The molecule has 0 aliphatic heterocycles. The molecule has 3 heteroatoms. The van der Waals surface area contributed by atoms with E-state index in [4.69, 9.17) is 16.3 Å². The monoisotopic (exact) mass is 278 g/mol. The second-order valence-corrected chi connectivity index (χ2v) is 4.58. The molecule has 100 valence electrons. The van der Waals surface area contributed by atoms with Crippen LogP contribution in [0, 0.1) is 5.82 Å². The number of hydrogen-bond acceptors (Lipinski definition) is 1. The zero-order valence-corrected chi connectivity index (χ0v) is 11.8. The van der Waals surface area contributed by atoms with Gasteiger partial charge in [-0.05, 0) is 42.7 Å². The zero-order valence-electron chi connectivity index (χ0n) is 11.0. The Kier molecular flexibility index (Phi) is 4.43. The number of rotatable bonds is 4. The van der Waals surface area contributed by atoms with Crippen LogP contribution >= 0.6 is 11.6 Å². The van der Waals surface area contributed by atoms with Crippen LogP contribution in [-0.2, 0) is 6.42 Å². The van der Waals surface area contributed by atoms with Crippen molar-refractivity contribution in [3.8, 4) is 16.9 Å². The van der Waals surface area contributed by atoms with Gasteiger partial charge in [0.05, 0.1) is 11.6 Å². The number of ether oxygens (including phenoxy) is 1. The molecule has 0 amide bonds. The molecule has 0 bridgehead atoms. The third-order valence-corrected chi connectivity index (χ3v) is 3.43. The second kappa shape index (κ2) is 6.07. The van der Waals surface area contributed by atoms with Crippen LogP contribution in [0.4, 0.5) is 4.39 Å². The minimum absolute atomic E-state index is 0.260. The van der Waals surface area contributed by atoms with Crippen molar-refractivity contribution in [1.29, 1.82) is 0 Å². The van der Waals surface area contributed by atoms with Gasteiger partial charge in [0.2, 0.25) is 0 Å². The van der Waals surface area contributed by atoms with Crippen molar-refractivity contribution in [2.75, 3.05) is 6.61 Å². The van der Waals surface area contributed by atoms with E-state index < -0.39 is 0 Å². The van der Waals surface area contributed by atoms with E-state index in [2.05, 4.69) is 6.92 Å². The average Bonchev–Trinajstić information content (AvgIpc) is 2.41. The summed E-state index contributed by atoms with van der Waals surface area (Å²) in [6.07, 6.45) is 0.847. The Morgan fingerprint density at radius 1 is 1.05 bits per heavy atom. The molecule has 0 N–H and O–H groups in total. The molecule has 19 heavy (non-hydrogen) atoms. The highest BCUT2D eigenvalue weighted by Crippen LogP contribution is 2.39. The predicted molar refractivity (Wildman–Crippen MR) is 77.4 cm³/mol. The molecule has 2 rings (SSSR count). The molecule has 0 saturated heterocycles. The van der Waals surface area contributed by atoms with Gasteiger partial charge in [-0.3, -0.25) is 0 Å². The fourth-order valence-corrected chi connectivity index (χ4v) is 2.43. The molecule has 0 heterocycles. The Balaban J connectivity index is 2.60. The maximum absolute atomic E-state index is 13.0. The van der Waals surface area contributed by atoms with Gasteiger partial charge < -0.3 is 4.74 Å². The smallest absolute Gasteiger partial charge is 0.128 e. The van der Waals surface area contributed by atoms with Gasteiger partial charge in [-0.1, -0.05) is 36.7 Å². The molecule has 0 aliphatic rings. The predicted octanol–water partition coefficient (Wildman–Crippen LogP) is 5.11. The maximum Gasteiger partial charge on any atom is 0.128 e. The van der Waals surface area contributed by atoms with E-state index in [1.807, 2.05) is 19.1 Å². The van der Waals surface area contributed by atoms with Crippen LogP contribution in [0.1, 0.15) is 19.4 Å². The van der Waals surface area contributed by atoms with Crippen molar-refractivity contribution in [1.82, 2.24) is 0 Å². The third-order valence-electron chi connectivity index (χ3n) is 3.00. The molecule has 0 atom stereocenters. The van der Waals surface area contributed by atoms with Crippen molar-refractivity contribution in [2.45, 2.75) is 20.3 Å². The highest BCUT2D eigenvalue weighted by atomic mass is 35.5. The summed E-state index contributed by atoms with van der Waals surface area (Å²) in [5.74, 6) is 0.473. The third kappa shape index (κ3) is 2.90. The van der Waals surface area contributed by atoms with Gasteiger partial charge in [-0.25, -0.2) is 4.39 Å². The molecule has 0 radical (unpaired) electrons. The van der Waals surface area contributed by atoms with Crippen LogP contribution in [0.15, 0.2) is 36.4 Å². The summed E-state index contributed by atoms with van der Waals surface area (Å²) in [5, 5.41) is 0.681. The van der Waals surface area contributed by atoms with Gasteiger partial charge in [0.25, 0.3) is 0 Å². The number of benzene rings is 2. The summed E-state index contributed by atoms with van der Waals surface area (Å²) in [4.78, 5) is 0. The maximum atomic E-state index is 13.0. The lowest BCUT2D eigenvalue weighted by atomic mass is 10.0. The topological polar surface area (TPSA) is 9.23 Å². The Labute approximate surface area is 118 Å². The first-order chi connectivity index (χ1) is 9.17. The van der Waals surface area contributed by atoms with E-state index in [0.29, 0.717) is 11.6 Å². The molecule has 0 aliphatic carbocycles. The van der Waals surface area contributed by atoms with E-state index in [1.165, 1.54) is 12.1 Å². The first-order valence-electron chi connectivity index (χ1n) is 6.37. The van der Waals surface area contributed by atoms with Crippen LogP contribution < -0.4 is 4.74 Å². The van der Waals surface area contributed by atoms with Gasteiger partial charge in [0.15, 0.2) is 0 Å². The molecular formula is C16H16ClFO. The van der Waals surface area contributed by atoms with Crippen LogP contribution in [0.5, 0.6) is 5.75 Å². The van der Waals surface area contributed by atoms with Crippen LogP contribution in [0.2, 0.25) is 5.02 Å². The van der Waals surface area contributed by atoms with Crippen LogP contribution in [0.3, 0.4) is 0 Å². The van der Waals surface area contributed by atoms with Crippen molar-refractivity contribution in [3.05, 3.63) is 52.8 Å². The van der Waals surface area contributed by atoms with E-state index in [-0.39, 0.29) is 5.82 Å². The zero-order chi connectivity index (χ0) is 13.8. The van der Waals surface area contributed by atoms with E-state index in [9.17, 15) is 4.39 Å². The van der Waals surface area contributed by atoms with Gasteiger partial charge in [0.1, 0.15) is 11.6 Å². The fourth-order valence-electron chi connectivity index (χ4n) is 2.04. The lowest BCUT2D eigenvalue weighted by Crippen LogP contribution is -1.97. The lowest BCUT2D eigenvalue weighted by molar-refractivity contribution is 0.341. The Morgan fingerprint density at radius 3 is 2.32 bits per heavy atom. The number of aryl methyl sites for hydroxylation is 1. The molecule has 2 aromatic carbocycles. The van der Waals surface area contributed by atoms with Gasteiger partial charge in [-0.15, -0.1) is 0 Å². The molecule has 1 nitrogen and oxygen atoms in total. The normalized spacial score (nSPS) is 10.5. The molecule has 0 unspecified atom stereocenters. The summed E-state index contributed by atoms with van der Waals surface area (Å²) < 4.78 is 18.7. The van der Waals surface area contributed by atoms with Crippen molar-refractivity contribution in [2.24, 2.45) is 0 Å². The van der Waals surface area contributed by atoms with Gasteiger partial charge in [-0.2, -0.15) is 0 Å². The largest absolute Gasteiger partial charge is 0.493 e. The Bertz CT molecular complexity index is 564. The first-order valence-corrected chi connectivity index (χ1v) is 6.75. The fraction of sp³-hybridized carbons (Fsp3) is 0.250. The van der Waals surface area contributed by atoms with Gasteiger partial charge >= 0.3 is 0 Å². The highest BCUT2D eigenvalue weighted by molar-refractivity contribution is 6.34. The summed E-state index contributed by atoms with van der Waals surface area (Å²) in [7, 11) is 0. The summed E-state index contributed by atoms with van der Waals surface area (Å²) >= 11 is 6.45. The molecule has 0 fully saturated rings. The average molecular weight is 279 g/mol. The minimum Gasteiger partial charge on any atom is -0.493 e. The SMILES string of the molecule is CCOc1ccc(CC)c(Cl)c1-c1ccc(F)cc1. The van der Waals surface area contributed by atoms with Crippen LogP contribution in [-0.4, -0.2) is 6.61 Å². The molecule has 2 aromatic rings. The Hall–Kier alpha value is -1.54. The van der Waals surface area contributed by atoms with Crippen molar-refractivity contribution >= 4 is 11.6 Å². The summed E-state index contributed by atoms with van der Waals surface area (Å²) in [6.45, 7) is 4.54.